The first-order valence-corrected chi connectivity index (χ1v) is 9.35. The summed E-state index contributed by atoms with van der Waals surface area (Å²) in [6, 6.07) is 17.0. The first-order valence-electron chi connectivity index (χ1n) is 8.37. The van der Waals surface area contributed by atoms with Crippen LogP contribution >= 0.6 is 11.8 Å². The second-order valence-electron chi connectivity index (χ2n) is 5.88. The molecule has 0 radical (unpaired) electrons. The number of aromatic nitrogens is 6. The van der Waals surface area contributed by atoms with Gasteiger partial charge in [0.2, 0.25) is 0 Å². The molecule has 0 spiro atoms. The van der Waals surface area contributed by atoms with E-state index in [1.54, 1.807) is 22.8 Å². The lowest BCUT2D eigenvalue weighted by Crippen LogP contribution is -2.24. The average molecular weight is 380 g/mol. The third-order valence-electron chi connectivity index (χ3n) is 4.14. The normalized spacial score (nSPS) is 11.1. The smallest absolute Gasteiger partial charge is 0.270 e. The molecule has 0 atom stereocenters. The van der Waals surface area contributed by atoms with Gasteiger partial charge < -0.3 is 0 Å². The first kappa shape index (κ1) is 17.2. The highest BCUT2D eigenvalue weighted by atomic mass is 32.2. The van der Waals surface area contributed by atoms with Crippen molar-refractivity contribution in [2.45, 2.75) is 24.0 Å². The highest BCUT2D eigenvalue weighted by Gasteiger charge is 2.11. The summed E-state index contributed by atoms with van der Waals surface area (Å²) in [7, 11) is 0. The van der Waals surface area contributed by atoms with Crippen molar-refractivity contribution in [2.75, 3.05) is 0 Å². The fourth-order valence-electron chi connectivity index (χ4n) is 2.72. The Morgan fingerprint density at radius 1 is 1.00 bits per heavy atom. The number of nitrogens with one attached hydrogen (secondary N) is 1. The van der Waals surface area contributed by atoms with Crippen LogP contribution in [0, 0.1) is 0 Å². The summed E-state index contributed by atoms with van der Waals surface area (Å²) in [6.45, 7) is 0.500. The van der Waals surface area contributed by atoms with Crippen LogP contribution in [0.5, 0.6) is 0 Å². The van der Waals surface area contributed by atoms with E-state index in [-0.39, 0.29) is 17.1 Å². The zero-order chi connectivity index (χ0) is 18.6. The predicted molar refractivity (Wildman–Crippen MR) is 103 cm³/mol. The lowest BCUT2D eigenvalue weighted by Gasteiger charge is -2.07. The number of thioether (sulfide) groups is 1. The maximum Gasteiger partial charge on any atom is 0.343 e. The Balaban J connectivity index is 1.51. The molecule has 0 bridgehead atoms. The largest absolute Gasteiger partial charge is 0.343 e. The molecular weight excluding hydrogens is 364 g/mol. The SMILES string of the molecule is O=c1c2ccccc2nnn1CSc1n[nH]c(=O)n1CCc1ccccc1. The van der Waals surface area contributed by atoms with Gasteiger partial charge in [-0.1, -0.05) is 59.4 Å². The number of fused-ring (bicyclic) bond motifs is 1. The van der Waals surface area contributed by atoms with E-state index in [0.717, 1.165) is 5.56 Å². The summed E-state index contributed by atoms with van der Waals surface area (Å²) in [5, 5.41) is 15.6. The molecule has 4 aromatic rings. The van der Waals surface area contributed by atoms with E-state index >= 15 is 0 Å². The summed E-state index contributed by atoms with van der Waals surface area (Å²) < 4.78 is 2.84. The van der Waals surface area contributed by atoms with Crippen molar-refractivity contribution in [3.8, 4) is 0 Å². The predicted octanol–water partition coefficient (Wildman–Crippen LogP) is 1.67. The Morgan fingerprint density at radius 3 is 2.63 bits per heavy atom. The van der Waals surface area contributed by atoms with Crippen LogP contribution in [-0.2, 0) is 18.8 Å². The Hall–Kier alpha value is -3.20. The fraction of sp³-hybridized carbons (Fsp3) is 0.167. The van der Waals surface area contributed by atoms with Crippen LogP contribution in [0.2, 0.25) is 0 Å². The van der Waals surface area contributed by atoms with Crippen LogP contribution in [0.3, 0.4) is 0 Å². The van der Waals surface area contributed by atoms with Crippen molar-refractivity contribution in [2.24, 2.45) is 0 Å². The topological polar surface area (TPSA) is 98.5 Å². The maximum atomic E-state index is 12.5. The van der Waals surface area contributed by atoms with Crippen LogP contribution in [0.4, 0.5) is 0 Å². The molecule has 0 unspecified atom stereocenters. The third kappa shape index (κ3) is 3.68. The number of rotatable bonds is 6. The molecule has 0 amide bonds. The lowest BCUT2D eigenvalue weighted by molar-refractivity contribution is 0.608. The summed E-state index contributed by atoms with van der Waals surface area (Å²) >= 11 is 1.26. The van der Waals surface area contributed by atoms with Crippen molar-refractivity contribution < 1.29 is 0 Å². The molecule has 0 aliphatic heterocycles. The van der Waals surface area contributed by atoms with Gasteiger partial charge in [-0.15, -0.1) is 10.2 Å². The second-order valence-corrected chi connectivity index (χ2v) is 6.80. The Kier molecular flexibility index (Phi) is 4.84. The van der Waals surface area contributed by atoms with E-state index in [2.05, 4.69) is 20.5 Å². The Labute approximate surface area is 157 Å². The molecule has 0 aliphatic carbocycles. The number of aromatic amines is 1. The van der Waals surface area contributed by atoms with Gasteiger partial charge in [0.15, 0.2) is 5.16 Å². The number of H-pyrrole nitrogens is 1. The van der Waals surface area contributed by atoms with E-state index < -0.39 is 0 Å². The highest BCUT2D eigenvalue weighted by Crippen LogP contribution is 2.15. The van der Waals surface area contributed by atoms with E-state index in [0.29, 0.717) is 29.0 Å². The van der Waals surface area contributed by atoms with Crippen molar-refractivity contribution in [3.05, 3.63) is 81.0 Å². The molecule has 0 saturated carbocycles. The Bertz CT molecular complexity index is 1180. The molecule has 4 rings (SSSR count). The maximum absolute atomic E-state index is 12.5. The molecule has 136 valence electrons. The molecule has 0 aliphatic rings. The molecule has 27 heavy (non-hydrogen) atoms. The molecule has 0 saturated heterocycles. The van der Waals surface area contributed by atoms with Crippen molar-refractivity contribution >= 4 is 22.7 Å². The standard InChI is InChI=1S/C18H16N6O2S/c25-16-14-8-4-5-9-15(14)19-22-24(16)12-27-18-21-20-17(26)23(18)11-10-13-6-2-1-3-7-13/h1-9H,10-12H2,(H,20,26). The van der Waals surface area contributed by atoms with Crippen LogP contribution in [-0.4, -0.2) is 29.8 Å². The van der Waals surface area contributed by atoms with Gasteiger partial charge >= 0.3 is 5.69 Å². The van der Waals surface area contributed by atoms with Crippen molar-refractivity contribution in [1.29, 1.82) is 0 Å². The molecular formula is C18H16N6O2S. The van der Waals surface area contributed by atoms with Crippen LogP contribution in [0.15, 0.2) is 69.3 Å². The zero-order valence-corrected chi connectivity index (χ0v) is 15.1. The van der Waals surface area contributed by atoms with Gasteiger partial charge in [-0.3, -0.25) is 9.36 Å². The summed E-state index contributed by atoms with van der Waals surface area (Å²) in [5.74, 6) is 0.215. The number of hydrogen-bond acceptors (Lipinski definition) is 6. The summed E-state index contributed by atoms with van der Waals surface area (Å²) in [5.41, 5.74) is 1.20. The van der Waals surface area contributed by atoms with Gasteiger partial charge in [-0.2, -0.15) is 4.68 Å². The molecule has 9 heteroatoms. The first-order chi connectivity index (χ1) is 13.2. The van der Waals surface area contributed by atoms with Gasteiger partial charge in [0.25, 0.3) is 5.56 Å². The third-order valence-corrected chi connectivity index (χ3v) is 5.08. The quantitative estimate of drug-likeness (QED) is 0.511. The Morgan fingerprint density at radius 2 is 1.78 bits per heavy atom. The van der Waals surface area contributed by atoms with E-state index in [1.807, 2.05) is 36.4 Å². The van der Waals surface area contributed by atoms with Gasteiger partial charge in [0.1, 0.15) is 5.52 Å². The van der Waals surface area contributed by atoms with Gasteiger partial charge in [0, 0.05) is 6.54 Å². The minimum Gasteiger partial charge on any atom is -0.270 e. The van der Waals surface area contributed by atoms with Crippen LogP contribution in [0.1, 0.15) is 5.56 Å². The number of aryl methyl sites for hydroxylation is 1. The van der Waals surface area contributed by atoms with Crippen LogP contribution < -0.4 is 11.2 Å². The fourth-order valence-corrected chi connectivity index (χ4v) is 3.57. The minimum absolute atomic E-state index is 0.215. The zero-order valence-electron chi connectivity index (χ0n) is 14.3. The molecule has 1 N–H and O–H groups in total. The highest BCUT2D eigenvalue weighted by molar-refractivity contribution is 7.98. The second kappa shape index (κ2) is 7.58. The minimum atomic E-state index is -0.273. The molecule has 2 aromatic carbocycles. The number of nitrogens with zero attached hydrogens (tertiary/aromatic N) is 5. The van der Waals surface area contributed by atoms with Gasteiger partial charge in [-0.05, 0) is 24.1 Å². The van der Waals surface area contributed by atoms with Gasteiger partial charge in [-0.25, -0.2) is 9.89 Å². The monoisotopic (exact) mass is 380 g/mol. The van der Waals surface area contributed by atoms with Gasteiger partial charge in [0.05, 0.1) is 11.3 Å². The molecule has 8 nitrogen and oxygen atoms in total. The number of hydrogen-bond donors (Lipinski definition) is 1. The van der Waals surface area contributed by atoms with Crippen molar-refractivity contribution in [1.82, 2.24) is 29.8 Å². The molecule has 0 fully saturated rings. The molecule has 2 aromatic heterocycles. The van der Waals surface area contributed by atoms with Crippen molar-refractivity contribution in [3.63, 3.8) is 0 Å². The van der Waals surface area contributed by atoms with E-state index in [4.69, 9.17) is 0 Å². The lowest BCUT2D eigenvalue weighted by atomic mass is 10.1. The molecule has 2 heterocycles. The van der Waals surface area contributed by atoms with E-state index in [1.165, 1.54) is 16.4 Å². The summed E-state index contributed by atoms with van der Waals surface area (Å²) in [6.07, 6.45) is 0.712. The summed E-state index contributed by atoms with van der Waals surface area (Å²) in [4.78, 5) is 24.6. The number of benzene rings is 2. The average Bonchev–Trinajstić information content (AvgIpc) is 3.06. The van der Waals surface area contributed by atoms with Crippen LogP contribution in [0.25, 0.3) is 10.9 Å². The van der Waals surface area contributed by atoms with E-state index in [9.17, 15) is 9.59 Å².